The molecule has 11 nitrogen and oxygen atoms in total. The summed E-state index contributed by atoms with van der Waals surface area (Å²) in [6.07, 6.45) is 2.73. The maximum Gasteiger partial charge on any atom is 0.311 e. The third-order valence-corrected chi connectivity index (χ3v) is 5.81. The Morgan fingerprint density at radius 1 is 0.806 bits per heavy atom. The maximum atomic E-state index is 12.0. The van der Waals surface area contributed by atoms with Crippen molar-refractivity contribution >= 4 is 45.5 Å². The molecule has 0 aliphatic rings. The van der Waals surface area contributed by atoms with Crippen LogP contribution >= 0.6 is 0 Å². The lowest BCUT2D eigenvalue weighted by Crippen LogP contribution is -2.15. The van der Waals surface area contributed by atoms with Gasteiger partial charge in [-0.1, -0.05) is 12.1 Å². The van der Waals surface area contributed by atoms with Gasteiger partial charge in [0, 0.05) is 22.9 Å². The van der Waals surface area contributed by atoms with Crippen molar-refractivity contribution in [3.8, 4) is 11.5 Å². The molecule has 0 heterocycles. The van der Waals surface area contributed by atoms with Crippen LogP contribution in [0.4, 0.5) is 11.4 Å². The lowest BCUT2D eigenvalue weighted by atomic mass is 10.2. The molecule has 0 fully saturated rings. The number of benzene rings is 2. The van der Waals surface area contributed by atoms with Gasteiger partial charge in [0.25, 0.3) is 0 Å². The molecule has 0 saturated heterocycles. The quantitative estimate of drug-likeness (QED) is 0.413. The van der Waals surface area contributed by atoms with Crippen LogP contribution in [0.5, 0.6) is 11.5 Å². The van der Waals surface area contributed by atoms with Crippen molar-refractivity contribution in [3.05, 3.63) is 78.6 Å². The van der Waals surface area contributed by atoms with Crippen LogP contribution in [0.25, 0.3) is 12.2 Å². The van der Waals surface area contributed by atoms with Crippen LogP contribution in [0.15, 0.2) is 47.2 Å². The monoisotopic (exact) mass is 467 g/mol. The van der Waals surface area contributed by atoms with Gasteiger partial charge in [-0.3, -0.25) is 20.2 Å². The van der Waals surface area contributed by atoms with Gasteiger partial charge < -0.3 is 9.47 Å². The van der Waals surface area contributed by atoms with E-state index in [1.165, 1.54) is 73.6 Å². The van der Waals surface area contributed by atoms with E-state index in [1.807, 2.05) is 0 Å². The van der Waals surface area contributed by atoms with Crippen LogP contribution in [-0.2, 0) is 22.0 Å². The van der Waals surface area contributed by atoms with E-state index < -0.39 is 31.8 Å². The fraction of sp³-hybridized carbons (Fsp3) is 0.111. The summed E-state index contributed by atoms with van der Waals surface area (Å²) in [5, 5.41) is 24.4. The summed E-state index contributed by atoms with van der Waals surface area (Å²) >= 11 is 0. The largest absolute Gasteiger partial charge is 0.490 e. The third-order valence-electron chi connectivity index (χ3n) is 3.73. The topological polar surface area (TPSA) is 151 Å². The Morgan fingerprint density at radius 3 is 1.52 bits per heavy atom. The van der Waals surface area contributed by atoms with Gasteiger partial charge in [0.05, 0.1) is 24.1 Å². The third kappa shape index (κ3) is 6.80. The van der Waals surface area contributed by atoms with Crippen molar-refractivity contribution in [2.45, 2.75) is 0 Å². The number of hydrogen-bond donors (Lipinski definition) is 1. The highest BCUT2D eigenvalue weighted by molar-refractivity contribution is 8.01. The SMILES string of the molecule is COc1ccc(/C=C/S(=O)NS(=O)/C=C/c2ccc(OC)c([N+](=O)[O-])c2)cc1[N+](=O)[O-]. The van der Waals surface area contributed by atoms with Gasteiger partial charge in [-0.25, -0.2) is 8.42 Å². The van der Waals surface area contributed by atoms with Gasteiger partial charge in [-0.2, -0.15) is 0 Å². The summed E-state index contributed by atoms with van der Waals surface area (Å²) in [7, 11) is -1.10. The van der Waals surface area contributed by atoms with E-state index in [4.69, 9.17) is 9.47 Å². The molecule has 0 aliphatic heterocycles. The number of methoxy groups -OCH3 is 2. The van der Waals surface area contributed by atoms with Gasteiger partial charge in [0.1, 0.15) is 22.0 Å². The summed E-state index contributed by atoms with van der Waals surface area (Å²) in [4.78, 5) is 20.9. The van der Waals surface area contributed by atoms with Crippen molar-refractivity contribution in [2.24, 2.45) is 0 Å². The fourth-order valence-corrected chi connectivity index (χ4v) is 3.98. The van der Waals surface area contributed by atoms with E-state index in [1.54, 1.807) is 0 Å². The molecule has 2 aromatic rings. The summed E-state index contributed by atoms with van der Waals surface area (Å²) in [5.74, 6) is 0.179. The summed E-state index contributed by atoms with van der Waals surface area (Å²) in [6.45, 7) is 0. The Balaban J connectivity index is 2.04. The number of hydrogen-bond acceptors (Lipinski definition) is 8. The molecule has 1 N–H and O–H groups in total. The van der Waals surface area contributed by atoms with Crippen molar-refractivity contribution in [3.63, 3.8) is 0 Å². The molecule has 0 amide bonds. The molecule has 2 rings (SSSR count). The minimum absolute atomic E-state index is 0.0893. The number of nitro groups is 2. The Labute approximate surface area is 181 Å². The van der Waals surface area contributed by atoms with Gasteiger partial charge in [0.15, 0.2) is 11.5 Å². The number of nitrogens with one attached hydrogen (secondary N) is 1. The Bertz CT molecular complexity index is 1020. The number of ether oxygens (including phenoxy) is 2. The molecular weight excluding hydrogens is 450 g/mol. The summed E-state index contributed by atoms with van der Waals surface area (Å²) in [6, 6.07) is 8.38. The molecule has 2 unspecified atom stereocenters. The van der Waals surface area contributed by atoms with Gasteiger partial charge >= 0.3 is 11.4 Å². The first kappa shape index (κ1) is 23.9. The van der Waals surface area contributed by atoms with Crippen LogP contribution in [0.2, 0.25) is 0 Å². The molecule has 0 spiro atoms. The Morgan fingerprint density at radius 2 is 1.19 bits per heavy atom. The smallest absolute Gasteiger partial charge is 0.311 e. The van der Waals surface area contributed by atoms with E-state index in [-0.39, 0.29) is 22.9 Å². The van der Waals surface area contributed by atoms with Gasteiger partial charge in [-0.15, -0.1) is 4.13 Å². The highest BCUT2D eigenvalue weighted by Crippen LogP contribution is 2.29. The van der Waals surface area contributed by atoms with E-state index in [9.17, 15) is 28.6 Å². The molecule has 2 aromatic carbocycles. The van der Waals surface area contributed by atoms with Crippen LogP contribution in [0, 0.1) is 20.2 Å². The fourth-order valence-electron chi connectivity index (χ4n) is 2.32. The molecule has 0 radical (unpaired) electrons. The van der Waals surface area contributed by atoms with E-state index >= 15 is 0 Å². The van der Waals surface area contributed by atoms with E-state index in [0.29, 0.717) is 11.1 Å². The molecule has 2 atom stereocenters. The highest BCUT2D eigenvalue weighted by Gasteiger charge is 2.15. The van der Waals surface area contributed by atoms with Crippen molar-refractivity contribution < 1.29 is 27.7 Å². The van der Waals surface area contributed by atoms with Crippen LogP contribution in [0.1, 0.15) is 11.1 Å². The second-order valence-corrected chi connectivity index (χ2v) is 8.06. The summed E-state index contributed by atoms with van der Waals surface area (Å²) in [5.41, 5.74) is 0.302. The lowest BCUT2D eigenvalue weighted by Gasteiger charge is -2.02. The molecule has 164 valence electrons. The highest BCUT2D eigenvalue weighted by atomic mass is 32.3. The number of nitro benzene ring substituents is 2. The molecule has 0 aromatic heterocycles. The normalized spacial score (nSPS) is 13.2. The zero-order chi connectivity index (χ0) is 23.0. The van der Waals surface area contributed by atoms with Gasteiger partial charge in [0.2, 0.25) is 0 Å². The van der Waals surface area contributed by atoms with Crippen LogP contribution in [-0.4, -0.2) is 32.5 Å². The molecule has 31 heavy (non-hydrogen) atoms. The number of rotatable bonds is 10. The predicted octanol–water partition coefficient (Wildman–Crippen LogP) is 3.08. The van der Waals surface area contributed by atoms with Crippen molar-refractivity contribution in [1.29, 1.82) is 0 Å². The average molecular weight is 467 g/mol. The maximum absolute atomic E-state index is 12.0. The molecule has 0 aliphatic carbocycles. The zero-order valence-corrected chi connectivity index (χ0v) is 17.9. The second kappa shape index (κ2) is 11.1. The first-order chi connectivity index (χ1) is 14.7. The predicted molar refractivity (Wildman–Crippen MR) is 117 cm³/mol. The van der Waals surface area contributed by atoms with Crippen LogP contribution in [0.3, 0.4) is 0 Å². The molecular formula is C18H17N3O8S2. The van der Waals surface area contributed by atoms with Crippen LogP contribution < -0.4 is 13.6 Å². The standard InChI is InChI=1S/C18H17N3O8S2/c1-28-17-5-3-13(11-15(17)20(22)23)7-9-30(26)19-31(27)10-8-14-4-6-18(29-2)16(12-14)21(24)25/h3-12,19H,1-2H3/b9-7+,10-8+. The minimum atomic E-state index is -1.86. The average Bonchev–Trinajstić information content (AvgIpc) is 2.75. The van der Waals surface area contributed by atoms with E-state index in [0.717, 1.165) is 0 Å². The minimum Gasteiger partial charge on any atom is -0.490 e. The molecule has 13 heteroatoms. The Hall–Kier alpha value is -3.42. The molecule has 0 saturated carbocycles. The number of nitrogens with zero attached hydrogens (tertiary/aromatic N) is 2. The summed E-state index contributed by atoms with van der Waals surface area (Å²) < 4.78 is 36.2. The van der Waals surface area contributed by atoms with Crippen molar-refractivity contribution in [2.75, 3.05) is 14.2 Å². The second-order valence-electron chi connectivity index (χ2n) is 5.66. The first-order valence-corrected chi connectivity index (χ1v) is 10.8. The zero-order valence-electron chi connectivity index (χ0n) is 16.3. The van der Waals surface area contributed by atoms with E-state index in [2.05, 4.69) is 4.13 Å². The molecule has 0 bridgehead atoms. The first-order valence-electron chi connectivity index (χ1n) is 8.34. The Kier molecular flexibility index (Phi) is 8.54. The van der Waals surface area contributed by atoms with Crippen molar-refractivity contribution in [1.82, 2.24) is 4.13 Å². The van der Waals surface area contributed by atoms with Gasteiger partial charge in [-0.05, 0) is 35.4 Å². The lowest BCUT2D eigenvalue weighted by molar-refractivity contribution is -0.385.